The first kappa shape index (κ1) is 34.4. The zero-order valence-electron chi connectivity index (χ0n) is 32.0. The van der Waals surface area contributed by atoms with Gasteiger partial charge in [0.2, 0.25) is 0 Å². The molecular weight excluding hydrogens is 721 g/mol. The SMILES string of the molecule is C1=CC(c2nc(-c3ccccc3)nc(-c3c4ccccc4c(-c4ccc(-c5nc6ccccc6n5-c5ccccc5)nc4)c4ccccc34)n2)CC(c2ccccc2)=C1. The average molecular weight is 757 g/mol. The molecule has 0 fully saturated rings. The summed E-state index contributed by atoms with van der Waals surface area (Å²) in [4.78, 5) is 26.0. The predicted octanol–water partition coefficient (Wildman–Crippen LogP) is 12.7. The first-order valence-electron chi connectivity index (χ1n) is 19.9. The molecule has 1 aliphatic carbocycles. The zero-order valence-corrected chi connectivity index (χ0v) is 32.0. The summed E-state index contributed by atoms with van der Waals surface area (Å²) in [7, 11) is 0. The maximum absolute atomic E-state index is 5.36. The highest BCUT2D eigenvalue weighted by Crippen LogP contribution is 2.44. The summed E-state index contributed by atoms with van der Waals surface area (Å²) in [6, 6.07) is 60.8. The standard InChI is InChI=1S/C53H36N6/c1-4-17-35(18-5-1)37-21-16-22-38(33-37)51-56-50(36-19-6-2-7-20-36)57-52(58-51)49-43-27-12-10-25-41(43)48(42-26-11-13-28-44(42)49)39-31-32-46(54-34-39)53-55-45-29-14-15-30-47(45)59(53)40-23-8-3-9-24-40/h1-32,34,38H,33H2. The van der Waals surface area contributed by atoms with Crippen LogP contribution >= 0.6 is 0 Å². The molecule has 0 radical (unpaired) electrons. The van der Waals surface area contributed by atoms with Crippen LogP contribution in [0.25, 0.3) is 89.3 Å². The van der Waals surface area contributed by atoms with E-state index in [1.54, 1.807) is 0 Å². The van der Waals surface area contributed by atoms with Gasteiger partial charge in [0.25, 0.3) is 0 Å². The molecule has 6 heteroatoms. The van der Waals surface area contributed by atoms with Crippen LogP contribution in [0.3, 0.4) is 0 Å². The molecular formula is C53H36N6. The minimum absolute atomic E-state index is 0.0177. The number of rotatable bonds is 7. The maximum atomic E-state index is 5.36. The predicted molar refractivity (Wildman–Crippen MR) is 240 cm³/mol. The second-order valence-electron chi connectivity index (χ2n) is 14.8. The Hall–Kier alpha value is -7.83. The fraction of sp³-hybridized carbons (Fsp3) is 0.0377. The van der Waals surface area contributed by atoms with Crippen molar-refractivity contribution in [2.45, 2.75) is 12.3 Å². The van der Waals surface area contributed by atoms with Gasteiger partial charge in [-0.15, -0.1) is 0 Å². The molecule has 0 bridgehead atoms. The van der Waals surface area contributed by atoms with Gasteiger partial charge in [-0.2, -0.15) is 0 Å². The lowest BCUT2D eigenvalue weighted by molar-refractivity contribution is 0.773. The smallest absolute Gasteiger partial charge is 0.164 e. The van der Waals surface area contributed by atoms with Crippen LogP contribution in [0, 0.1) is 0 Å². The normalized spacial score (nSPS) is 13.9. The molecule has 3 heterocycles. The van der Waals surface area contributed by atoms with Crippen molar-refractivity contribution in [3.05, 3.63) is 212 Å². The number of para-hydroxylation sites is 3. The second-order valence-corrected chi connectivity index (χ2v) is 14.8. The molecule has 1 atom stereocenters. The molecule has 0 aliphatic heterocycles. The van der Waals surface area contributed by atoms with Crippen LogP contribution in [0.5, 0.6) is 0 Å². The van der Waals surface area contributed by atoms with Crippen molar-refractivity contribution in [3.63, 3.8) is 0 Å². The van der Waals surface area contributed by atoms with Crippen LogP contribution in [0.2, 0.25) is 0 Å². The summed E-state index contributed by atoms with van der Waals surface area (Å²) in [6.45, 7) is 0. The molecule has 278 valence electrons. The van der Waals surface area contributed by atoms with E-state index < -0.39 is 0 Å². The summed E-state index contributed by atoms with van der Waals surface area (Å²) in [6.07, 6.45) is 9.33. The van der Waals surface area contributed by atoms with E-state index in [0.29, 0.717) is 11.6 Å². The largest absolute Gasteiger partial charge is 0.291 e. The minimum atomic E-state index is -0.0177. The van der Waals surface area contributed by atoms with Gasteiger partial charge in [0, 0.05) is 34.5 Å². The van der Waals surface area contributed by atoms with E-state index in [4.69, 9.17) is 24.9 Å². The van der Waals surface area contributed by atoms with Crippen LogP contribution in [-0.2, 0) is 0 Å². The van der Waals surface area contributed by atoms with E-state index >= 15 is 0 Å². The summed E-state index contributed by atoms with van der Waals surface area (Å²) >= 11 is 0. The molecule has 11 rings (SSSR count). The number of hydrogen-bond acceptors (Lipinski definition) is 5. The average Bonchev–Trinajstić information content (AvgIpc) is 3.71. The number of nitrogens with zero attached hydrogens (tertiary/aromatic N) is 6. The van der Waals surface area contributed by atoms with E-state index in [9.17, 15) is 0 Å². The Bertz CT molecular complexity index is 3170. The molecule has 10 aromatic rings. The molecule has 0 amide bonds. The molecule has 0 spiro atoms. The third kappa shape index (κ3) is 6.19. The highest BCUT2D eigenvalue weighted by molar-refractivity contribution is 6.20. The quantitative estimate of drug-likeness (QED) is 0.151. The lowest BCUT2D eigenvalue weighted by Crippen LogP contribution is -2.09. The number of pyridine rings is 1. The van der Waals surface area contributed by atoms with E-state index in [1.165, 1.54) is 11.1 Å². The Kier molecular flexibility index (Phi) is 8.51. The maximum Gasteiger partial charge on any atom is 0.164 e. The molecule has 3 aromatic heterocycles. The van der Waals surface area contributed by atoms with Crippen LogP contribution in [0.15, 0.2) is 200 Å². The van der Waals surface area contributed by atoms with E-state index in [0.717, 1.165) is 84.3 Å². The van der Waals surface area contributed by atoms with Crippen molar-refractivity contribution in [2.75, 3.05) is 0 Å². The first-order chi connectivity index (χ1) is 29.3. The summed E-state index contributed by atoms with van der Waals surface area (Å²) in [5, 5.41) is 4.33. The second kappa shape index (κ2) is 14.6. The van der Waals surface area contributed by atoms with Gasteiger partial charge in [-0.25, -0.2) is 19.9 Å². The third-order valence-electron chi connectivity index (χ3n) is 11.3. The minimum Gasteiger partial charge on any atom is -0.291 e. The highest BCUT2D eigenvalue weighted by atomic mass is 15.1. The van der Waals surface area contributed by atoms with Crippen molar-refractivity contribution in [2.24, 2.45) is 0 Å². The molecule has 6 nitrogen and oxygen atoms in total. The van der Waals surface area contributed by atoms with Crippen LogP contribution < -0.4 is 0 Å². The molecule has 1 unspecified atom stereocenters. The molecule has 59 heavy (non-hydrogen) atoms. The number of benzene rings is 7. The fourth-order valence-corrected chi connectivity index (χ4v) is 8.50. The van der Waals surface area contributed by atoms with Crippen molar-refractivity contribution in [1.82, 2.24) is 29.5 Å². The summed E-state index contributed by atoms with van der Waals surface area (Å²) < 4.78 is 2.19. The van der Waals surface area contributed by atoms with Gasteiger partial charge in [-0.1, -0.05) is 164 Å². The number of allylic oxidation sites excluding steroid dienone is 4. The Morgan fingerprint density at radius 2 is 1.07 bits per heavy atom. The highest BCUT2D eigenvalue weighted by Gasteiger charge is 2.24. The van der Waals surface area contributed by atoms with Crippen LogP contribution in [0.4, 0.5) is 0 Å². The van der Waals surface area contributed by atoms with Crippen molar-refractivity contribution < 1.29 is 0 Å². The summed E-state index contributed by atoms with van der Waals surface area (Å²) in [5.74, 6) is 2.85. The van der Waals surface area contributed by atoms with Gasteiger partial charge < -0.3 is 0 Å². The number of imidazole rings is 1. The van der Waals surface area contributed by atoms with Crippen LogP contribution in [-0.4, -0.2) is 29.5 Å². The number of fused-ring (bicyclic) bond motifs is 3. The van der Waals surface area contributed by atoms with Crippen molar-refractivity contribution in [3.8, 4) is 51.1 Å². The van der Waals surface area contributed by atoms with Gasteiger partial charge >= 0.3 is 0 Å². The third-order valence-corrected chi connectivity index (χ3v) is 11.3. The number of aromatic nitrogens is 6. The Labute approximate surface area is 341 Å². The van der Waals surface area contributed by atoms with E-state index in [2.05, 4.69) is 168 Å². The van der Waals surface area contributed by atoms with E-state index in [1.807, 2.05) is 36.5 Å². The molecule has 1 aliphatic rings. The molecule has 0 saturated carbocycles. The van der Waals surface area contributed by atoms with Gasteiger partial charge in [-0.3, -0.25) is 9.55 Å². The molecule has 0 saturated heterocycles. The van der Waals surface area contributed by atoms with Gasteiger partial charge in [0.05, 0.1) is 11.0 Å². The Morgan fingerprint density at radius 1 is 0.475 bits per heavy atom. The van der Waals surface area contributed by atoms with Gasteiger partial charge in [0.15, 0.2) is 17.5 Å². The van der Waals surface area contributed by atoms with Gasteiger partial charge in [-0.05, 0) is 75.0 Å². The first-order valence-corrected chi connectivity index (χ1v) is 19.9. The lowest BCUT2D eigenvalue weighted by atomic mass is 9.88. The number of hydrogen-bond donors (Lipinski definition) is 0. The summed E-state index contributed by atoms with van der Waals surface area (Å²) in [5.41, 5.74) is 10.3. The molecule has 7 aromatic carbocycles. The molecule has 0 N–H and O–H groups in total. The fourth-order valence-electron chi connectivity index (χ4n) is 8.50. The Balaban J connectivity index is 1.07. The topological polar surface area (TPSA) is 69.4 Å². The van der Waals surface area contributed by atoms with Crippen LogP contribution in [0.1, 0.15) is 23.7 Å². The Morgan fingerprint density at radius 3 is 1.75 bits per heavy atom. The van der Waals surface area contributed by atoms with E-state index in [-0.39, 0.29) is 5.92 Å². The van der Waals surface area contributed by atoms with Crippen molar-refractivity contribution in [1.29, 1.82) is 0 Å². The monoisotopic (exact) mass is 756 g/mol. The van der Waals surface area contributed by atoms with Crippen molar-refractivity contribution >= 4 is 38.2 Å². The van der Waals surface area contributed by atoms with Gasteiger partial charge in [0.1, 0.15) is 11.5 Å². The lowest BCUT2D eigenvalue weighted by Gasteiger charge is -2.20. The zero-order chi connectivity index (χ0) is 39.1.